The minimum Gasteiger partial charge on any atom is -0.465 e. The Bertz CT molecular complexity index is 454. The maximum atomic E-state index is 5.17. The molecule has 0 saturated carbocycles. The van der Waals surface area contributed by atoms with Gasteiger partial charge >= 0.3 is 0 Å². The lowest BCUT2D eigenvalue weighted by Gasteiger charge is -1.90. The highest BCUT2D eigenvalue weighted by atomic mass is 16.3. The molecule has 0 aliphatic rings. The maximum absolute atomic E-state index is 5.17. The first-order chi connectivity index (χ1) is 7.34. The highest BCUT2D eigenvalue weighted by Gasteiger charge is 1.90. The number of aromatic nitrogens is 3. The zero-order valence-electron chi connectivity index (χ0n) is 8.24. The molecule has 2 aromatic rings. The van der Waals surface area contributed by atoms with E-state index in [1.165, 1.54) is 17.3 Å². The van der Waals surface area contributed by atoms with E-state index in [1.807, 2.05) is 25.1 Å². The Kier molecular flexibility index (Phi) is 2.73. The van der Waals surface area contributed by atoms with Gasteiger partial charge in [0, 0.05) is 0 Å². The van der Waals surface area contributed by atoms with E-state index in [2.05, 4.69) is 15.3 Å². The Balaban J connectivity index is 2.06. The third-order valence-corrected chi connectivity index (χ3v) is 1.71. The van der Waals surface area contributed by atoms with Gasteiger partial charge in [0.05, 0.1) is 12.5 Å². The molecule has 0 saturated heterocycles. The van der Waals surface area contributed by atoms with Crippen molar-refractivity contribution in [2.75, 3.05) is 0 Å². The zero-order chi connectivity index (χ0) is 10.5. The molecule has 0 bridgehead atoms. The Labute approximate surface area is 86.7 Å². The van der Waals surface area contributed by atoms with Crippen LogP contribution in [0.1, 0.15) is 12.7 Å². The van der Waals surface area contributed by atoms with Crippen LogP contribution in [0.2, 0.25) is 0 Å². The van der Waals surface area contributed by atoms with E-state index in [-0.39, 0.29) is 0 Å². The van der Waals surface area contributed by atoms with Gasteiger partial charge in [-0.3, -0.25) is 0 Å². The monoisotopic (exact) mass is 202 g/mol. The smallest absolute Gasteiger partial charge is 0.141 e. The summed E-state index contributed by atoms with van der Waals surface area (Å²) in [6.45, 7) is 1.94. The van der Waals surface area contributed by atoms with Crippen LogP contribution in [0.25, 0.3) is 6.08 Å². The molecule has 0 aliphatic heterocycles. The van der Waals surface area contributed by atoms with Gasteiger partial charge < -0.3 is 4.42 Å². The summed E-state index contributed by atoms with van der Waals surface area (Å²) in [5.74, 6) is 0.808. The molecule has 0 N–H and O–H groups in total. The first-order valence-corrected chi connectivity index (χ1v) is 4.45. The van der Waals surface area contributed by atoms with E-state index >= 15 is 0 Å². The number of nitrogens with zero attached hydrogens (tertiary/aromatic N) is 4. The summed E-state index contributed by atoms with van der Waals surface area (Å²) in [5.41, 5.74) is 0.985. The average Bonchev–Trinajstić information content (AvgIpc) is 2.86. The summed E-state index contributed by atoms with van der Waals surface area (Å²) in [6.07, 6.45) is 8.29. The van der Waals surface area contributed by atoms with Gasteiger partial charge in [-0.25, -0.2) is 4.68 Å². The van der Waals surface area contributed by atoms with Gasteiger partial charge in [0.15, 0.2) is 0 Å². The molecule has 2 aromatic heterocycles. The Morgan fingerprint density at radius 2 is 2.27 bits per heavy atom. The molecule has 0 aliphatic carbocycles. The van der Waals surface area contributed by atoms with Crippen molar-refractivity contribution >= 4 is 12.3 Å². The first kappa shape index (κ1) is 9.39. The molecule has 0 amide bonds. The van der Waals surface area contributed by atoms with Gasteiger partial charge in [-0.15, -0.1) is 10.2 Å². The van der Waals surface area contributed by atoms with Crippen LogP contribution in [0, 0.1) is 0 Å². The van der Waals surface area contributed by atoms with Crippen molar-refractivity contribution in [3.8, 4) is 0 Å². The normalized spacial score (nSPS) is 12.5. The van der Waals surface area contributed by atoms with Crippen LogP contribution < -0.4 is 0 Å². The maximum Gasteiger partial charge on any atom is 0.141 e. The summed E-state index contributed by atoms with van der Waals surface area (Å²) >= 11 is 0. The number of allylic oxidation sites excluding steroid dienone is 1. The van der Waals surface area contributed by atoms with Crippen molar-refractivity contribution < 1.29 is 4.42 Å². The van der Waals surface area contributed by atoms with E-state index in [0.717, 1.165) is 11.3 Å². The van der Waals surface area contributed by atoms with Crippen LogP contribution in [0.15, 0.2) is 46.1 Å². The number of hydrogen-bond acceptors (Lipinski definition) is 4. The molecular formula is C10H10N4O. The van der Waals surface area contributed by atoms with E-state index < -0.39 is 0 Å². The lowest BCUT2D eigenvalue weighted by molar-refractivity contribution is 0.557. The van der Waals surface area contributed by atoms with E-state index in [1.54, 1.807) is 12.5 Å². The van der Waals surface area contributed by atoms with Crippen molar-refractivity contribution in [2.45, 2.75) is 6.92 Å². The second-order valence-corrected chi connectivity index (χ2v) is 2.99. The first-order valence-electron chi connectivity index (χ1n) is 4.45. The number of rotatable bonds is 3. The van der Waals surface area contributed by atoms with Gasteiger partial charge in [0.2, 0.25) is 0 Å². The SMILES string of the molecule is CC(/C=N/n1cnnc1)=C\c1ccco1. The third kappa shape index (κ3) is 2.63. The molecule has 15 heavy (non-hydrogen) atoms. The third-order valence-electron chi connectivity index (χ3n) is 1.71. The van der Waals surface area contributed by atoms with Crippen LogP contribution >= 0.6 is 0 Å². The van der Waals surface area contributed by atoms with Crippen LogP contribution in [0.3, 0.4) is 0 Å². The standard InChI is InChI=1S/C10H10N4O/c1-9(5-10-3-2-4-15-10)6-13-14-7-11-12-8-14/h2-8H,1H3/b9-5+,13-6+. The van der Waals surface area contributed by atoms with Crippen LogP contribution in [0.5, 0.6) is 0 Å². The van der Waals surface area contributed by atoms with Crippen molar-refractivity contribution in [3.63, 3.8) is 0 Å². The van der Waals surface area contributed by atoms with Gasteiger partial charge in [-0.05, 0) is 30.7 Å². The van der Waals surface area contributed by atoms with Gasteiger partial charge in [-0.2, -0.15) is 5.10 Å². The van der Waals surface area contributed by atoms with Crippen molar-refractivity contribution in [2.24, 2.45) is 5.10 Å². The average molecular weight is 202 g/mol. The minimum absolute atomic E-state index is 0.808. The Morgan fingerprint density at radius 3 is 2.93 bits per heavy atom. The lowest BCUT2D eigenvalue weighted by atomic mass is 10.3. The Morgan fingerprint density at radius 1 is 1.47 bits per heavy atom. The van der Waals surface area contributed by atoms with Crippen molar-refractivity contribution in [1.29, 1.82) is 0 Å². The number of hydrogen-bond donors (Lipinski definition) is 0. The van der Waals surface area contributed by atoms with Crippen LogP contribution in [-0.2, 0) is 0 Å². The fourth-order valence-corrected chi connectivity index (χ4v) is 1.05. The van der Waals surface area contributed by atoms with Gasteiger partial charge in [0.1, 0.15) is 18.4 Å². The predicted molar refractivity (Wildman–Crippen MR) is 56.3 cm³/mol. The largest absolute Gasteiger partial charge is 0.465 e. The molecule has 5 heteroatoms. The second kappa shape index (κ2) is 4.36. The van der Waals surface area contributed by atoms with Crippen LogP contribution in [-0.4, -0.2) is 21.1 Å². The fraction of sp³-hybridized carbons (Fsp3) is 0.100. The summed E-state index contributed by atoms with van der Waals surface area (Å²) in [7, 11) is 0. The fourth-order valence-electron chi connectivity index (χ4n) is 1.05. The summed E-state index contributed by atoms with van der Waals surface area (Å²) in [5, 5.41) is 11.4. The number of furan rings is 1. The molecule has 76 valence electrons. The molecule has 5 nitrogen and oxygen atoms in total. The molecule has 2 heterocycles. The summed E-state index contributed by atoms with van der Waals surface area (Å²) in [6, 6.07) is 3.73. The van der Waals surface area contributed by atoms with Crippen LogP contribution in [0.4, 0.5) is 0 Å². The molecule has 0 aromatic carbocycles. The van der Waals surface area contributed by atoms with Crippen molar-refractivity contribution in [1.82, 2.24) is 14.9 Å². The minimum atomic E-state index is 0.808. The molecule has 0 spiro atoms. The van der Waals surface area contributed by atoms with Gasteiger partial charge in [0.25, 0.3) is 0 Å². The lowest BCUT2D eigenvalue weighted by Crippen LogP contribution is -1.85. The van der Waals surface area contributed by atoms with E-state index in [0.29, 0.717) is 0 Å². The van der Waals surface area contributed by atoms with E-state index in [4.69, 9.17) is 4.42 Å². The molecule has 0 unspecified atom stereocenters. The highest BCUT2D eigenvalue weighted by molar-refractivity contribution is 5.83. The summed E-state index contributed by atoms with van der Waals surface area (Å²) in [4.78, 5) is 0. The molecular weight excluding hydrogens is 192 g/mol. The molecule has 0 fully saturated rings. The molecule has 2 rings (SSSR count). The molecule has 0 radical (unpaired) electrons. The highest BCUT2D eigenvalue weighted by Crippen LogP contribution is 2.05. The second-order valence-electron chi connectivity index (χ2n) is 2.99. The Hall–Kier alpha value is -2.17. The van der Waals surface area contributed by atoms with Crippen molar-refractivity contribution in [3.05, 3.63) is 42.4 Å². The molecule has 0 atom stereocenters. The summed E-state index contributed by atoms with van der Waals surface area (Å²) < 4.78 is 6.70. The quantitative estimate of drug-likeness (QED) is 0.713. The van der Waals surface area contributed by atoms with E-state index in [9.17, 15) is 0 Å². The topological polar surface area (TPSA) is 56.2 Å². The predicted octanol–water partition coefficient (Wildman–Crippen LogP) is 1.81. The zero-order valence-corrected chi connectivity index (χ0v) is 8.24. The van der Waals surface area contributed by atoms with Gasteiger partial charge in [-0.1, -0.05) is 0 Å².